The van der Waals surface area contributed by atoms with Gasteiger partial charge in [0.05, 0.1) is 18.8 Å². The summed E-state index contributed by atoms with van der Waals surface area (Å²) >= 11 is 0. The average molecular weight is 445 g/mol. The van der Waals surface area contributed by atoms with Crippen molar-refractivity contribution < 1.29 is 38.1 Å². The maximum atomic E-state index is 12.0. The molecule has 1 N–H and O–H groups in total. The van der Waals surface area contributed by atoms with Gasteiger partial charge in [0.2, 0.25) is 5.79 Å². The topological polar surface area (TPSA) is 97.0 Å². The van der Waals surface area contributed by atoms with Crippen LogP contribution < -0.4 is 5.32 Å². The predicted molar refractivity (Wildman–Crippen MR) is 108 cm³/mol. The molecule has 0 aromatic carbocycles. The van der Waals surface area contributed by atoms with Crippen molar-refractivity contribution in [1.29, 1.82) is 0 Å². The first-order valence-electron chi connectivity index (χ1n) is 10.9. The van der Waals surface area contributed by atoms with E-state index in [1.54, 1.807) is 5.06 Å². The number of likely N-dealkylation sites (N-methyl/N-ethyl adjacent to an activating group) is 1. The van der Waals surface area contributed by atoms with Crippen LogP contribution in [0.5, 0.6) is 0 Å². The molecule has 0 aromatic heterocycles. The molecular weight excluding hydrogens is 408 g/mol. The van der Waals surface area contributed by atoms with E-state index in [-0.39, 0.29) is 24.4 Å². The Morgan fingerprint density at radius 3 is 2.52 bits per heavy atom. The van der Waals surface area contributed by atoms with E-state index in [2.05, 4.69) is 5.32 Å². The molecule has 10 nitrogen and oxygen atoms in total. The summed E-state index contributed by atoms with van der Waals surface area (Å²) in [7, 11) is 1.84. The largest absolute Gasteiger partial charge is 0.444 e. The number of hydroxylamine groups is 2. The number of ether oxygens (including phenoxy) is 6. The third kappa shape index (κ3) is 4.57. The summed E-state index contributed by atoms with van der Waals surface area (Å²) in [5.41, 5.74) is -0.559. The minimum atomic E-state index is -1.07. The van der Waals surface area contributed by atoms with Crippen molar-refractivity contribution in [2.45, 2.75) is 108 Å². The second kappa shape index (κ2) is 7.51. The molecule has 31 heavy (non-hydrogen) atoms. The van der Waals surface area contributed by atoms with Crippen LogP contribution in [0.4, 0.5) is 4.79 Å². The fourth-order valence-electron chi connectivity index (χ4n) is 4.79. The molecule has 0 spiro atoms. The van der Waals surface area contributed by atoms with Crippen LogP contribution in [0.2, 0.25) is 0 Å². The normalized spacial score (nSPS) is 41.6. The van der Waals surface area contributed by atoms with Crippen LogP contribution in [-0.2, 0) is 33.3 Å². The molecule has 4 aliphatic heterocycles. The van der Waals surface area contributed by atoms with Crippen LogP contribution in [0, 0.1) is 0 Å². The molecule has 0 aromatic rings. The molecule has 1 amide bonds. The molecule has 10 heteroatoms. The van der Waals surface area contributed by atoms with Gasteiger partial charge < -0.3 is 33.7 Å². The lowest BCUT2D eigenvalue weighted by molar-refractivity contribution is -0.336. The van der Waals surface area contributed by atoms with E-state index in [1.165, 1.54) is 0 Å². The van der Waals surface area contributed by atoms with E-state index < -0.39 is 35.2 Å². The molecule has 4 aliphatic rings. The van der Waals surface area contributed by atoms with Gasteiger partial charge in [0.15, 0.2) is 11.6 Å². The van der Waals surface area contributed by atoms with Crippen molar-refractivity contribution in [3.05, 3.63) is 0 Å². The molecule has 0 aliphatic carbocycles. The molecule has 1 unspecified atom stereocenters. The van der Waals surface area contributed by atoms with Crippen LogP contribution in [0.25, 0.3) is 0 Å². The van der Waals surface area contributed by atoms with Crippen LogP contribution >= 0.6 is 0 Å². The number of fused-ring (bicyclic) bond motifs is 3. The summed E-state index contributed by atoms with van der Waals surface area (Å²) in [6.07, 6.45) is -1.23. The van der Waals surface area contributed by atoms with E-state index in [1.807, 2.05) is 55.5 Å². The first-order valence-corrected chi connectivity index (χ1v) is 10.9. The minimum absolute atomic E-state index is 0.260. The Bertz CT molecular complexity index is 708. The van der Waals surface area contributed by atoms with Crippen LogP contribution in [-0.4, -0.2) is 84.8 Å². The molecule has 4 fully saturated rings. The number of rotatable bonds is 3. The van der Waals surface area contributed by atoms with Gasteiger partial charge in [-0.05, 0) is 48.5 Å². The molecule has 0 bridgehead atoms. The Balaban J connectivity index is 1.47. The van der Waals surface area contributed by atoms with E-state index in [9.17, 15) is 4.79 Å². The van der Waals surface area contributed by atoms with Crippen molar-refractivity contribution in [1.82, 2.24) is 10.4 Å². The first-order chi connectivity index (χ1) is 14.2. The maximum Gasteiger partial charge on any atom is 0.407 e. The minimum Gasteiger partial charge on any atom is -0.444 e. The number of hydrogen-bond acceptors (Lipinski definition) is 9. The Morgan fingerprint density at radius 2 is 1.84 bits per heavy atom. The van der Waals surface area contributed by atoms with Gasteiger partial charge in [0.1, 0.15) is 23.9 Å². The van der Waals surface area contributed by atoms with E-state index in [0.29, 0.717) is 19.6 Å². The van der Waals surface area contributed by atoms with E-state index in [0.717, 1.165) is 0 Å². The molecule has 4 rings (SSSR count). The van der Waals surface area contributed by atoms with Gasteiger partial charge in [-0.15, -0.1) is 0 Å². The standard InChI is InChI=1S/C21H36N2O8/c1-18(2,3)29-17(24)22-10-12-9-14(23(8)30-12)21-16(28-20(6,7)31-21)15-13(26-21)11-25-19(4,5)27-15/h12-16H,9-11H2,1-8H3,(H,22,24)/t12-,13-,14?,15+,16-,21-/m0/s1. The Hall–Kier alpha value is -1.01. The molecule has 0 saturated carbocycles. The zero-order valence-electron chi connectivity index (χ0n) is 19.7. The third-order valence-electron chi connectivity index (χ3n) is 5.81. The number of nitrogens with zero attached hydrogens (tertiary/aromatic N) is 1. The highest BCUT2D eigenvalue weighted by molar-refractivity contribution is 5.67. The molecule has 6 atom stereocenters. The van der Waals surface area contributed by atoms with Gasteiger partial charge in [0, 0.05) is 20.0 Å². The fourth-order valence-corrected chi connectivity index (χ4v) is 4.79. The zero-order valence-corrected chi connectivity index (χ0v) is 19.7. The summed E-state index contributed by atoms with van der Waals surface area (Å²) < 4.78 is 36.5. The lowest BCUT2D eigenvalue weighted by Gasteiger charge is -2.38. The molecule has 178 valence electrons. The van der Waals surface area contributed by atoms with E-state index in [4.69, 9.17) is 33.3 Å². The van der Waals surface area contributed by atoms with E-state index >= 15 is 0 Å². The number of nitrogens with one attached hydrogen (secondary N) is 1. The van der Waals surface area contributed by atoms with Crippen molar-refractivity contribution in [3.63, 3.8) is 0 Å². The summed E-state index contributed by atoms with van der Waals surface area (Å²) in [5.74, 6) is -2.64. The highest BCUT2D eigenvalue weighted by atomic mass is 16.9. The molecule has 4 heterocycles. The van der Waals surface area contributed by atoms with Crippen molar-refractivity contribution in [2.75, 3.05) is 20.2 Å². The Labute approximate surface area is 183 Å². The number of carbonyl (C=O) groups is 1. The fraction of sp³-hybridized carbons (Fsp3) is 0.952. The molecular formula is C21H36N2O8. The van der Waals surface area contributed by atoms with Crippen LogP contribution in [0.1, 0.15) is 54.9 Å². The number of hydrogen-bond donors (Lipinski definition) is 1. The van der Waals surface area contributed by atoms with Gasteiger partial charge in [-0.25, -0.2) is 4.79 Å². The second-order valence-electron chi connectivity index (χ2n) is 10.6. The van der Waals surface area contributed by atoms with Gasteiger partial charge in [-0.3, -0.25) is 4.84 Å². The number of alkyl carbamates (subject to hydrolysis) is 1. The SMILES string of the molecule is CN1O[C@H](CNC(=O)OC(C)(C)C)CC1[C@@]12O[C@H]3COC(C)(C)O[C@H]3[C@@H]1OC(C)(C)O2. The monoisotopic (exact) mass is 444 g/mol. The predicted octanol–water partition coefficient (Wildman–Crippen LogP) is 1.91. The Morgan fingerprint density at radius 1 is 1.13 bits per heavy atom. The summed E-state index contributed by atoms with van der Waals surface area (Å²) in [6, 6.07) is -0.262. The summed E-state index contributed by atoms with van der Waals surface area (Å²) in [4.78, 5) is 18.0. The lowest BCUT2D eigenvalue weighted by Crippen LogP contribution is -2.55. The zero-order chi connectivity index (χ0) is 22.8. The van der Waals surface area contributed by atoms with Crippen molar-refractivity contribution in [2.24, 2.45) is 0 Å². The maximum absolute atomic E-state index is 12.0. The average Bonchev–Trinajstić information content (AvgIpc) is 3.18. The molecule has 0 radical (unpaired) electrons. The highest BCUT2D eigenvalue weighted by Crippen LogP contribution is 2.53. The van der Waals surface area contributed by atoms with Crippen molar-refractivity contribution in [3.8, 4) is 0 Å². The first kappa shape index (κ1) is 23.2. The van der Waals surface area contributed by atoms with Crippen molar-refractivity contribution >= 4 is 6.09 Å². The summed E-state index contributed by atoms with van der Waals surface area (Å²) in [5, 5.41) is 4.52. The third-order valence-corrected chi connectivity index (χ3v) is 5.81. The smallest absolute Gasteiger partial charge is 0.407 e. The second-order valence-corrected chi connectivity index (χ2v) is 10.6. The number of carbonyl (C=O) groups excluding carboxylic acids is 1. The summed E-state index contributed by atoms with van der Waals surface area (Å²) in [6.45, 7) is 13.7. The lowest BCUT2D eigenvalue weighted by atomic mass is 9.94. The van der Waals surface area contributed by atoms with Gasteiger partial charge in [-0.2, -0.15) is 5.06 Å². The van der Waals surface area contributed by atoms with Gasteiger partial charge in [-0.1, -0.05) is 0 Å². The van der Waals surface area contributed by atoms with Gasteiger partial charge in [0.25, 0.3) is 0 Å². The van der Waals surface area contributed by atoms with Crippen LogP contribution in [0.15, 0.2) is 0 Å². The quantitative estimate of drug-likeness (QED) is 0.700. The Kier molecular flexibility index (Phi) is 5.61. The van der Waals surface area contributed by atoms with Crippen LogP contribution in [0.3, 0.4) is 0 Å². The number of amides is 1. The highest BCUT2D eigenvalue weighted by Gasteiger charge is 2.71. The van der Waals surface area contributed by atoms with Gasteiger partial charge >= 0.3 is 6.09 Å². The molecule has 4 saturated heterocycles.